The molecule has 1 heterocycles. The van der Waals surface area contributed by atoms with Gasteiger partial charge < -0.3 is 11.1 Å². The Hall–Kier alpha value is -1.17. The van der Waals surface area contributed by atoms with Crippen molar-refractivity contribution in [2.75, 3.05) is 26.2 Å². The van der Waals surface area contributed by atoms with Crippen molar-refractivity contribution in [2.45, 2.75) is 12.5 Å². The van der Waals surface area contributed by atoms with Crippen LogP contribution in [0.1, 0.15) is 18.0 Å². The summed E-state index contributed by atoms with van der Waals surface area (Å²) in [6.45, 7) is 2.95. The third-order valence-corrected chi connectivity index (χ3v) is 3.61. The minimum atomic E-state index is -0.811. The maximum atomic E-state index is 14.0. The molecule has 1 saturated heterocycles. The van der Waals surface area contributed by atoms with Crippen LogP contribution in [0.2, 0.25) is 5.02 Å². The molecule has 3 N–H and O–H groups in total. The van der Waals surface area contributed by atoms with Gasteiger partial charge in [0.15, 0.2) is 0 Å². The molecule has 0 saturated carbocycles. The second kappa shape index (κ2) is 6.32. The molecule has 6 heteroatoms. The van der Waals surface area contributed by atoms with Crippen LogP contribution in [0.25, 0.3) is 0 Å². The maximum absolute atomic E-state index is 14.0. The first-order valence-corrected chi connectivity index (χ1v) is 6.67. The van der Waals surface area contributed by atoms with E-state index < -0.39 is 17.8 Å². The van der Waals surface area contributed by atoms with Crippen LogP contribution in [0, 0.1) is 5.82 Å². The molecule has 0 bridgehead atoms. The van der Waals surface area contributed by atoms with Crippen molar-refractivity contribution in [3.63, 3.8) is 0 Å². The van der Waals surface area contributed by atoms with Gasteiger partial charge >= 0.3 is 0 Å². The number of hydrogen-bond acceptors (Lipinski definition) is 3. The second-order valence-electron chi connectivity index (χ2n) is 4.58. The predicted octanol–water partition coefficient (Wildman–Crippen LogP) is 1.30. The average Bonchev–Trinajstić information content (AvgIpc) is 2.62. The van der Waals surface area contributed by atoms with Crippen molar-refractivity contribution in [1.29, 1.82) is 0 Å². The first kappa shape index (κ1) is 14.2. The summed E-state index contributed by atoms with van der Waals surface area (Å²) >= 11 is 6.04. The highest BCUT2D eigenvalue weighted by atomic mass is 35.5. The zero-order chi connectivity index (χ0) is 13.8. The summed E-state index contributed by atoms with van der Waals surface area (Å²) in [5, 5.41) is 3.47. The van der Waals surface area contributed by atoms with E-state index in [1.54, 1.807) is 6.07 Å². The Bertz CT molecular complexity index is 441. The van der Waals surface area contributed by atoms with Gasteiger partial charge in [-0.2, -0.15) is 0 Å². The SMILES string of the molecule is NC(=O)C(c1c(F)cccc1Cl)N1CCCNCC1. The standard InChI is InChI=1S/C13H17ClFN3O/c14-9-3-1-4-10(15)11(9)12(13(16)19)18-7-2-5-17-6-8-18/h1,3-4,12,17H,2,5-8H2,(H2,16,19). The summed E-state index contributed by atoms with van der Waals surface area (Å²) in [4.78, 5) is 13.6. The molecule has 1 atom stereocenters. The summed E-state index contributed by atoms with van der Waals surface area (Å²) in [7, 11) is 0. The molecule has 1 aliphatic heterocycles. The fourth-order valence-electron chi connectivity index (χ4n) is 2.40. The fourth-order valence-corrected chi connectivity index (χ4v) is 2.67. The van der Waals surface area contributed by atoms with E-state index in [1.807, 2.05) is 4.90 Å². The molecule has 0 radical (unpaired) electrons. The van der Waals surface area contributed by atoms with Gasteiger partial charge in [0.1, 0.15) is 11.9 Å². The van der Waals surface area contributed by atoms with Crippen molar-refractivity contribution >= 4 is 17.5 Å². The number of nitrogens with zero attached hydrogens (tertiary/aromatic N) is 1. The summed E-state index contributed by atoms with van der Waals surface area (Å²) in [5.74, 6) is -1.07. The molecule has 104 valence electrons. The number of carbonyl (C=O) groups is 1. The van der Waals surface area contributed by atoms with E-state index in [-0.39, 0.29) is 10.6 Å². The van der Waals surface area contributed by atoms with Crippen LogP contribution in [0.3, 0.4) is 0 Å². The summed E-state index contributed by atoms with van der Waals surface area (Å²) in [5.41, 5.74) is 5.64. The average molecular weight is 286 g/mol. The van der Waals surface area contributed by atoms with Crippen molar-refractivity contribution in [3.8, 4) is 0 Å². The number of amides is 1. The molecule has 19 heavy (non-hydrogen) atoms. The number of nitrogens with two attached hydrogens (primary N) is 1. The molecule has 1 aliphatic rings. The van der Waals surface area contributed by atoms with Crippen LogP contribution in [-0.4, -0.2) is 37.0 Å². The number of nitrogens with one attached hydrogen (secondary N) is 1. The van der Waals surface area contributed by atoms with E-state index in [9.17, 15) is 9.18 Å². The van der Waals surface area contributed by atoms with Gasteiger partial charge in [0.2, 0.25) is 5.91 Å². The number of rotatable bonds is 3. The van der Waals surface area contributed by atoms with Gasteiger partial charge in [-0.05, 0) is 25.1 Å². The molecule has 4 nitrogen and oxygen atoms in total. The maximum Gasteiger partial charge on any atom is 0.239 e. The minimum absolute atomic E-state index is 0.179. The van der Waals surface area contributed by atoms with Crippen LogP contribution in [0.4, 0.5) is 4.39 Å². The highest BCUT2D eigenvalue weighted by Gasteiger charge is 2.30. The fraction of sp³-hybridized carbons (Fsp3) is 0.462. The zero-order valence-electron chi connectivity index (χ0n) is 10.5. The minimum Gasteiger partial charge on any atom is -0.368 e. The molecule has 1 fully saturated rings. The molecule has 0 spiro atoms. The zero-order valence-corrected chi connectivity index (χ0v) is 11.3. The predicted molar refractivity (Wildman–Crippen MR) is 72.4 cm³/mol. The molecule has 1 aromatic rings. The number of carbonyl (C=O) groups excluding carboxylic acids is 1. The van der Waals surface area contributed by atoms with Crippen LogP contribution in [0.5, 0.6) is 0 Å². The molecule has 1 unspecified atom stereocenters. The van der Waals surface area contributed by atoms with Crippen molar-refractivity contribution < 1.29 is 9.18 Å². The Labute approximate surface area is 116 Å². The molecule has 1 amide bonds. The number of halogens is 2. The van der Waals surface area contributed by atoms with Gasteiger partial charge in [-0.25, -0.2) is 4.39 Å². The van der Waals surface area contributed by atoms with E-state index in [0.717, 1.165) is 19.5 Å². The van der Waals surface area contributed by atoms with Gasteiger partial charge in [0.05, 0.1) is 0 Å². The Balaban J connectivity index is 2.36. The number of primary amides is 1. The molecule has 0 aromatic heterocycles. The van der Waals surface area contributed by atoms with Crippen LogP contribution in [0.15, 0.2) is 18.2 Å². The Morgan fingerprint density at radius 2 is 2.21 bits per heavy atom. The van der Waals surface area contributed by atoms with E-state index in [0.29, 0.717) is 13.1 Å². The normalized spacial score (nSPS) is 18.8. The van der Waals surface area contributed by atoms with E-state index in [4.69, 9.17) is 17.3 Å². The number of hydrogen-bond donors (Lipinski definition) is 2. The third kappa shape index (κ3) is 3.23. The molecular weight excluding hydrogens is 269 g/mol. The summed E-state index contributed by atoms with van der Waals surface area (Å²) < 4.78 is 14.0. The van der Waals surface area contributed by atoms with Gasteiger partial charge in [0.25, 0.3) is 0 Å². The van der Waals surface area contributed by atoms with Gasteiger partial charge in [-0.15, -0.1) is 0 Å². The molecular formula is C13H17ClFN3O. The number of benzene rings is 1. The van der Waals surface area contributed by atoms with E-state index in [1.165, 1.54) is 12.1 Å². The lowest BCUT2D eigenvalue weighted by Gasteiger charge is -2.29. The monoisotopic (exact) mass is 285 g/mol. The Morgan fingerprint density at radius 3 is 2.89 bits per heavy atom. The smallest absolute Gasteiger partial charge is 0.239 e. The van der Waals surface area contributed by atoms with Gasteiger partial charge in [-0.1, -0.05) is 17.7 Å². The first-order chi connectivity index (χ1) is 9.11. The highest BCUT2D eigenvalue weighted by molar-refractivity contribution is 6.31. The lowest BCUT2D eigenvalue weighted by Crippen LogP contribution is -2.40. The lowest BCUT2D eigenvalue weighted by molar-refractivity contribution is -0.123. The van der Waals surface area contributed by atoms with Crippen LogP contribution >= 0.6 is 11.6 Å². The Kier molecular flexibility index (Phi) is 4.74. The Morgan fingerprint density at radius 1 is 1.42 bits per heavy atom. The van der Waals surface area contributed by atoms with Crippen LogP contribution in [-0.2, 0) is 4.79 Å². The van der Waals surface area contributed by atoms with Gasteiger partial charge in [-0.3, -0.25) is 9.69 Å². The lowest BCUT2D eigenvalue weighted by atomic mass is 10.0. The summed E-state index contributed by atoms with van der Waals surface area (Å²) in [6, 6.07) is 3.58. The highest BCUT2D eigenvalue weighted by Crippen LogP contribution is 2.30. The van der Waals surface area contributed by atoms with E-state index in [2.05, 4.69) is 5.32 Å². The topological polar surface area (TPSA) is 58.4 Å². The van der Waals surface area contributed by atoms with Crippen molar-refractivity contribution in [2.24, 2.45) is 5.73 Å². The quantitative estimate of drug-likeness (QED) is 0.880. The summed E-state index contributed by atoms with van der Waals surface area (Å²) in [6.07, 6.45) is 0.885. The molecule has 1 aromatic carbocycles. The largest absolute Gasteiger partial charge is 0.368 e. The van der Waals surface area contributed by atoms with Crippen molar-refractivity contribution in [1.82, 2.24) is 10.2 Å². The third-order valence-electron chi connectivity index (χ3n) is 3.28. The van der Waals surface area contributed by atoms with E-state index >= 15 is 0 Å². The molecule has 2 rings (SSSR count). The van der Waals surface area contributed by atoms with Gasteiger partial charge in [0, 0.05) is 30.2 Å². The molecule has 0 aliphatic carbocycles. The van der Waals surface area contributed by atoms with Crippen LogP contribution < -0.4 is 11.1 Å². The second-order valence-corrected chi connectivity index (χ2v) is 4.99. The first-order valence-electron chi connectivity index (χ1n) is 6.29. The van der Waals surface area contributed by atoms with Crippen molar-refractivity contribution in [3.05, 3.63) is 34.6 Å².